The Morgan fingerprint density at radius 1 is 0.838 bits per heavy atom. The van der Waals surface area contributed by atoms with Gasteiger partial charge >= 0.3 is 12.4 Å². The van der Waals surface area contributed by atoms with Crippen LogP contribution in [0.1, 0.15) is 27.3 Å². The maximum absolute atomic E-state index is 12.9. The molecule has 0 saturated heterocycles. The van der Waals surface area contributed by atoms with Crippen molar-refractivity contribution in [3.05, 3.63) is 77.4 Å². The molecule has 0 aliphatic carbocycles. The zero-order valence-electron chi connectivity index (χ0n) is 18.4. The average Bonchev–Trinajstić information content (AvgIpc) is 2.81. The lowest BCUT2D eigenvalue weighted by atomic mass is 10.2. The minimum atomic E-state index is -4.90. The van der Waals surface area contributed by atoms with E-state index < -0.39 is 76.0 Å². The van der Waals surface area contributed by atoms with E-state index in [2.05, 4.69) is 15.3 Å². The highest BCUT2D eigenvalue weighted by Gasteiger charge is 2.34. The maximum atomic E-state index is 12.9. The van der Waals surface area contributed by atoms with Crippen LogP contribution in [0.15, 0.2) is 69.5 Å². The Bertz CT molecular complexity index is 1550. The first-order valence-electron chi connectivity index (χ1n) is 9.83. The van der Waals surface area contributed by atoms with Gasteiger partial charge in [0.2, 0.25) is 9.84 Å². The molecule has 0 saturated carbocycles. The number of sulfone groups is 2. The molecule has 3 aromatic rings. The normalized spacial score (nSPS) is 12.8. The Morgan fingerprint density at radius 2 is 1.49 bits per heavy atom. The van der Waals surface area contributed by atoms with Gasteiger partial charge in [0, 0.05) is 18.6 Å². The number of halogens is 6. The summed E-state index contributed by atoms with van der Waals surface area (Å²) < 4.78 is 127. The van der Waals surface area contributed by atoms with Crippen molar-refractivity contribution in [3.63, 3.8) is 0 Å². The van der Waals surface area contributed by atoms with Gasteiger partial charge in [-0.05, 0) is 36.4 Å². The summed E-state index contributed by atoms with van der Waals surface area (Å²) in [5.74, 6) is -1.14. The summed E-state index contributed by atoms with van der Waals surface area (Å²) in [5, 5.41) is 2.22. The van der Waals surface area contributed by atoms with Crippen molar-refractivity contribution in [2.24, 2.45) is 0 Å². The molecule has 0 aliphatic rings. The van der Waals surface area contributed by atoms with E-state index in [0.717, 1.165) is 30.5 Å². The van der Waals surface area contributed by atoms with Gasteiger partial charge in [-0.15, -0.1) is 0 Å². The lowest BCUT2D eigenvalue weighted by molar-refractivity contribution is -0.138. The zero-order chi connectivity index (χ0) is 27.8. The monoisotopic (exact) mass is 567 g/mol. The van der Waals surface area contributed by atoms with Crippen LogP contribution in [0.4, 0.5) is 26.3 Å². The average molecular weight is 567 g/mol. The Hall–Kier alpha value is -3.53. The van der Waals surface area contributed by atoms with Crippen molar-refractivity contribution < 1.29 is 48.0 Å². The summed E-state index contributed by atoms with van der Waals surface area (Å²) in [6.45, 7) is -0.408. The molecule has 37 heavy (non-hydrogen) atoms. The molecule has 0 unspecified atom stereocenters. The summed E-state index contributed by atoms with van der Waals surface area (Å²) in [5.41, 5.74) is -3.28. The molecular formula is C21H15F6N3O5S2. The van der Waals surface area contributed by atoms with E-state index >= 15 is 0 Å². The SMILES string of the molecule is CS(=O)(=O)c1cc(C(F)(F)F)cnc1C(=O)NCc1ccc(S(=O)(=O)c2cccc(C(F)(F)F)c2)cn1. The van der Waals surface area contributed by atoms with E-state index in [0.29, 0.717) is 24.6 Å². The summed E-state index contributed by atoms with van der Waals surface area (Å²) >= 11 is 0. The Balaban J connectivity index is 1.80. The number of alkyl halides is 6. The van der Waals surface area contributed by atoms with E-state index in [1.807, 2.05) is 0 Å². The maximum Gasteiger partial charge on any atom is 0.417 e. The molecule has 1 aromatic carbocycles. The van der Waals surface area contributed by atoms with Crippen molar-refractivity contribution in [2.75, 3.05) is 6.26 Å². The molecule has 0 atom stereocenters. The van der Waals surface area contributed by atoms with Gasteiger partial charge in [0.25, 0.3) is 5.91 Å². The van der Waals surface area contributed by atoms with Gasteiger partial charge in [-0.3, -0.25) is 9.78 Å². The van der Waals surface area contributed by atoms with Gasteiger partial charge in [0.1, 0.15) is 5.69 Å². The number of benzene rings is 1. The molecule has 3 rings (SSSR count). The molecule has 2 heterocycles. The lowest BCUT2D eigenvalue weighted by Crippen LogP contribution is -2.27. The Morgan fingerprint density at radius 3 is 2.03 bits per heavy atom. The summed E-state index contributed by atoms with van der Waals surface area (Å²) in [6.07, 6.45) is -7.91. The second-order valence-corrected chi connectivity index (χ2v) is 11.5. The first-order chi connectivity index (χ1) is 16.9. The number of aromatic nitrogens is 2. The number of carbonyl (C=O) groups excluding carboxylic acids is 1. The molecule has 0 aliphatic heterocycles. The van der Waals surface area contributed by atoms with Gasteiger partial charge < -0.3 is 5.32 Å². The van der Waals surface area contributed by atoms with Crippen LogP contribution >= 0.6 is 0 Å². The summed E-state index contributed by atoms with van der Waals surface area (Å²) in [4.78, 5) is 17.6. The zero-order valence-corrected chi connectivity index (χ0v) is 20.1. The minimum Gasteiger partial charge on any atom is -0.345 e. The quantitative estimate of drug-likeness (QED) is 0.451. The fourth-order valence-electron chi connectivity index (χ4n) is 2.96. The van der Waals surface area contributed by atoms with Crippen LogP contribution in [-0.2, 0) is 38.6 Å². The van der Waals surface area contributed by atoms with Gasteiger partial charge in [-0.25, -0.2) is 21.8 Å². The molecule has 0 fully saturated rings. The van der Waals surface area contributed by atoms with Crippen molar-refractivity contribution in [3.8, 4) is 0 Å². The Kier molecular flexibility index (Phi) is 7.38. The van der Waals surface area contributed by atoms with Gasteiger partial charge in [0.05, 0.1) is 38.1 Å². The van der Waals surface area contributed by atoms with Crippen molar-refractivity contribution in [2.45, 2.75) is 33.6 Å². The van der Waals surface area contributed by atoms with Gasteiger partial charge in [0.15, 0.2) is 9.84 Å². The van der Waals surface area contributed by atoms with E-state index in [9.17, 15) is 48.0 Å². The first kappa shape index (κ1) is 28.0. The predicted molar refractivity (Wildman–Crippen MR) is 115 cm³/mol. The topological polar surface area (TPSA) is 123 Å². The predicted octanol–water partition coefficient (Wildman–Crippen LogP) is 3.68. The number of nitrogens with one attached hydrogen (secondary N) is 1. The van der Waals surface area contributed by atoms with Crippen LogP contribution in [0.3, 0.4) is 0 Å². The van der Waals surface area contributed by atoms with E-state index in [1.54, 1.807) is 0 Å². The third-order valence-electron chi connectivity index (χ3n) is 4.80. The smallest absolute Gasteiger partial charge is 0.345 e. The van der Waals surface area contributed by atoms with Crippen molar-refractivity contribution >= 4 is 25.6 Å². The highest BCUT2D eigenvalue weighted by molar-refractivity contribution is 7.91. The number of nitrogens with zero attached hydrogens (tertiary/aromatic N) is 2. The fourth-order valence-corrected chi connectivity index (χ4v) is 5.05. The molecule has 198 valence electrons. The highest BCUT2D eigenvalue weighted by atomic mass is 32.2. The summed E-state index contributed by atoms with van der Waals surface area (Å²) in [7, 11) is -8.65. The van der Waals surface area contributed by atoms with Crippen molar-refractivity contribution in [1.29, 1.82) is 0 Å². The Labute approximate surface area is 206 Å². The number of hydrogen-bond acceptors (Lipinski definition) is 7. The van der Waals surface area contributed by atoms with E-state index in [-0.39, 0.29) is 11.8 Å². The molecule has 0 radical (unpaired) electrons. The number of rotatable bonds is 6. The standard InChI is InChI=1S/C21H15F6N3O5S2/c1-36(32,33)17-8-13(21(25,26)27)9-29-18(17)19(31)30-10-14-5-6-16(11-28-14)37(34,35)15-4-2-3-12(7-15)20(22,23)24/h2-9,11H,10H2,1H3,(H,30,31). The minimum absolute atomic E-state index is 0.0455. The van der Waals surface area contributed by atoms with Crippen LogP contribution in [0.25, 0.3) is 0 Å². The van der Waals surface area contributed by atoms with Crippen LogP contribution in [-0.4, -0.2) is 39.0 Å². The van der Waals surface area contributed by atoms with Crippen LogP contribution in [0.5, 0.6) is 0 Å². The van der Waals surface area contributed by atoms with Gasteiger partial charge in [-0.1, -0.05) is 6.07 Å². The van der Waals surface area contributed by atoms with E-state index in [1.165, 1.54) is 0 Å². The van der Waals surface area contributed by atoms with Crippen LogP contribution < -0.4 is 5.32 Å². The largest absolute Gasteiger partial charge is 0.417 e. The molecule has 2 aromatic heterocycles. The second-order valence-electron chi connectivity index (χ2n) is 7.54. The summed E-state index contributed by atoms with van der Waals surface area (Å²) in [6, 6.07) is 5.55. The molecule has 16 heteroatoms. The van der Waals surface area contributed by atoms with Gasteiger partial charge in [-0.2, -0.15) is 26.3 Å². The van der Waals surface area contributed by atoms with Crippen LogP contribution in [0, 0.1) is 0 Å². The lowest BCUT2D eigenvalue weighted by Gasteiger charge is -2.12. The van der Waals surface area contributed by atoms with E-state index in [4.69, 9.17) is 0 Å². The number of amides is 1. The molecule has 1 N–H and O–H groups in total. The van der Waals surface area contributed by atoms with Crippen LogP contribution in [0.2, 0.25) is 0 Å². The molecule has 0 spiro atoms. The molecule has 1 amide bonds. The second kappa shape index (κ2) is 9.74. The third kappa shape index (κ3) is 6.43. The number of hydrogen-bond donors (Lipinski definition) is 1. The fraction of sp³-hybridized carbons (Fsp3) is 0.190. The highest BCUT2D eigenvalue weighted by Crippen LogP contribution is 2.32. The third-order valence-corrected chi connectivity index (χ3v) is 7.65. The molecule has 0 bridgehead atoms. The first-order valence-corrected chi connectivity index (χ1v) is 13.2. The van der Waals surface area contributed by atoms with Crippen molar-refractivity contribution in [1.82, 2.24) is 15.3 Å². The molecule has 8 nitrogen and oxygen atoms in total. The molecular weight excluding hydrogens is 552 g/mol. The number of carbonyl (C=O) groups is 1. The number of pyridine rings is 2.